The van der Waals surface area contributed by atoms with Gasteiger partial charge in [-0.25, -0.2) is 0 Å². The highest BCUT2D eigenvalue weighted by atomic mass is 79.9. The van der Waals surface area contributed by atoms with Crippen LogP contribution in [0, 0.1) is 6.92 Å². The normalized spacial score (nSPS) is 10.3. The number of carbonyl (C=O) groups is 2. The minimum absolute atomic E-state index is 0.0196. The van der Waals surface area contributed by atoms with Crippen LogP contribution in [0.15, 0.2) is 46.9 Å². The third-order valence-electron chi connectivity index (χ3n) is 3.71. The van der Waals surface area contributed by atoms with Gasteiger partial charge in [-0.05, 0) is 54.8 Å². The van der Waals surface area contributed by atoms with Gasteiger partial charge in [0.15, 0.2) is 0 Å². The third-order valence-corrected chi connectivity index (χ3v) is 4.20. The number of nitrogens with one attached hydrogen (secondary N) is 1. The van der Waals surface area contributed by atoms with Crippen molar-refractivity contribution < 1.29 is 9.59 Å². The molecule has 5 heteroatoms. The van der Waals surface area contributed by atoms with E-state index < -0.39 is 0 Å². The van der Waals surface area contributed by atoms with Gasteiger partial charge in [-0.2, -0.15) is 0 Å². The van der Waals surface area contributed by atoms with E-state index in [4.69, 9.17) is 0 Å². The fourth-order valence-electron chi connectivity index (χ4n) is 2.31. The van der Waals surface area contributed by atoms with Crippen molar-refractivity contribution in [1.82, 2.24) is 4.90 Å². The molecule has 126 valence electrons. The van der Waals surface area contributed by atoms with E-state index >= 15 is 0 Å². The summed E-state index contributed by atoms with van der Waals surface area (Å²) >= 11 is 3.41. The van der Waals surface area contributed by atoms with E-state index in [0.717, 1.165) is 21.3 Å². The first-order valence-electron chi connectivity index (χ1n) is 7.73. The first-order chi connectivity index (χ1) is 11.4. The van der Waals surface area contributed by atoms with Gasteiger partial charge < -0.3 is 10.2 Å². The molecular formula is C19H21BrN2O2. The number of hydrogen-bond acceptors (Lipinski definition) is 2. The molecule has 0 aliphatic rings. The van der Waals surface area contributed by atoms with Gasteiger partial charge in [-0.3, -0.25) is 9.59 Å². The summed E-state index contributed by atoms with van der Waals surface area (Å²) in [7, 11) is 3.45. The predicted octanol–water partition coefficient (Wildman–Crippen LogP) is 4.03. The number of hydrogen-bond donors (Lipinski definition) is 1. The van der Waals surface area contributed by atoms with Gasteiger partial charge in [0.1, 0.15) is 0 Å². The second-order valence-corrected chi connectivity index (χ2v) is 6.82. The number of carbonyl (C=O) groups excluding carboxylic acids is 2. The molecule has 2 rings (SSSR count). The maximum Gasteiger partial charge on any atom is 0.253 e. The molecule has 0 aliphatic carbocycles. The van der Waals surface area contributed by atoms with Crippen LogP contribution < -0.4 is 5.32 Å². The average molecular weight is 389 g/mol. The molecule has 0 aromatic heterocycles. The lowest BCUT2D eigenvalue weighted by molar-refractivity contribution is -0.116. The molecule has 2 aromatic carbocycles. The van der Waals surface area contributed by atoms with Crippen molar-refractivity contribution in [1.29, 1.82) is 0 Å². The van der Waals surface area contributed by atoms with Crippen LogP contribution in [0.5, 0.6) is 0 Å². The Morgan fingerprint density at radius 3 is 2.33 bits per heavy atom. The van der Waals surface area contributed by atoms with Crippen molar-refractivity contribution in [3.63, 3.8) is 0 Å². The third kappa shape index (κ3) is 4.93. The predicted molar refractivity (Wildman–Crippen MR) is 100 cm³/mol. The van der Waals surface area contributed by atoms with Crippen molar-refractivity contribution in [3.8, 4) is 0 Å². The standard InChI is InChI=1S/C19H21BrN2O2/c1-13-12-16(20)9-10-17(13)21-18(23)11-6-14-4-7-15(8-5-14)19(24)22(2)3/h4-5,7-10,12H,6,11H2,1-3H3,(H,21,23). The summed E-state index contributed by atoms with van der Waals surface area (Å²) in [4.78, 5) is 25.5. The summed E-state index contributed by atoms with van der Waals surface area (Å²) in [5.41, 5.74) is 3.53. The van der Waals surface area contributed by atoms with E-state index in [0.29, 0.717) is 18.4 Å². The molecule has 1 N–H and O–H groups in total. The fourth-order valence-corrected chi connectivity index (χ4v) is 2.79. The molecule has 0 saturated carbocycles. The molecule has 2 amide bonds. The lowest BCUT2D eigenvalue weighted by Gasteiger charge is -2.11. The van der Waals surface area contributed by atoms with Gasteiger partial charge in [0, 0.05) is 36.2 Å². The summed E-state index contributed by atoms with van der Waals surface area (Å²) in [6.07, 6.45) is 1.04. The number of halogens is 1. The minimum atomic E-state index is -0.0231. The van der Waals surface area contributed by atoms with Crippen LogP contribution in [0.4, 0.5) is 5.69 Å². The van der Waals surface area contributed by atoms with Crippen LogP contribution in [0.3, 0.4) is 0 Å². The van der Waals surface area contributed by atoms with Crippen molar-refractivity contribution >= 4 is 33.4 Å². The topological polar surface area (TPSA) is 49.4 Å². The van der Waals surface area contributed by atoms with Crippen molar-refractivity contribution in [2.45, 2.75) is 19.8 Å². The largest absolute Gasteiger partial charge is 0.345 e. The Labute approximate surface area is 151 Å². The van der Waals surface area contributed by atoms with Crippen molar-refractivity contribution in [2.75, 3.05) is 19.4 Å². The molecule has 0 saturated heterocycles. The molecule has 0 radical (unpaired) electrons. The van der Waals surface area contributed by atoms with Gasteiger partial charge in [0.05, 0.1) is 0 Å². The number of benzene rings is 2. The molecule has 0 heterocycles. The van der Waals surface area contributed by atoms with Gasteiger partial charge in [-0.15, -0.1) is 0 Å². The highest BCUT2D eigenvalue weighted by Crippen LogP contribution is 2.20. The van der Waals surface area contributed by atoms with Gasteiger partial charge in [0.25, 0.3) is 5.91 Å². The molecule has 0 bridgehead atoms. The lowest BCUT2D eigenvalue weighted by Crippen LogP contribution is -2.21. The van der Waals surface area contributed by atoms with Crippen LogP contribution >= 0.6 is 15.9 Å². The Morgan fingerprint density at radius 1 is 1.08 bits per heavy atom. The monoisotopic (exact) mass is 388 g/mol. The summed E-state index contributed by atoms with van der Waals surface area (Å²) in [5.74, 6) is -0.0427. The second-order valence-electron chi connectivity index (χ2n) is 5.90. The molecule has 0 fully saturated rings. The van der Waals surface area contributed by atoms with E-state index in [9.17, 15) is 9.59 Å². The summed E-state index contributed by atoms with van der Waals surface area (Å²) in [6.45, 7) is 1.96. The summed E-state index contributed by atoms with van der Waals surface area (Å²) in [6, 6.07) is 13.2. The van der Waals surface area contributed by atoms with E-state index in [-0.39, 0.29) is 11.8 Å². The molecule has 4 nitrogen and oxygen atoms in total. The number of anilines is 1. The van der Waals surface area contributed by atoms with Crippen molar-refractivity contribution in [3.05, 3.63) is 63.6 Å². The number of rotatable bonds is 5. The Bertz CT molecular complexity index is 740. The van der Waals surface area contributed by atoms with E-state index in [1.807, 2.05) is 37.3 Å². The van der Waals surface area contributed by atoms with Crippen LogP contribution in [-0.2, 0) is 11.2 Å². The summed E-state index contributed by atoms with van der Waals surface area (Å²) in [5, 5.41) is 2.93. The Kier molecular flexibility index (Phi) is 6.15. The first kappa shape index (κ1) is 18.2. The number of aryl methyl sites for hydroxylation is 2. The van der Waals surface area contributed by atoms with E-state index in [1.54, 1.807) is 31.1 Å². The Hall–Kier alpha value is -2.14. The highest BCUT2D eigenvalue weighted by Gasteiger charge is 2.09. The van der Waals surface area contributed by atoms with Crippen molar-refractivity contribution in [2.24, 2.45) is 0 Å². The van der Waals surface area contributed by atoms with Gasteiger partial charge in [-0.1, -0.05) is 28.1 Å². The minimum Gasteiger partial charge on any atom is -0.345 e. The Balaban J connectivity index is 1.91. The zero-order valence-electron chi connectivity index (χ0n) is 14.1. The maximum atomic E-state index is 12.1. The zero-order valence-corrected chi connectivity index (χ0v) is 15.7. The maximum absolute atomic E-state index is 12.1. The average Bonchev–Trinajstić information content (AvgIpc) is 2.55. The molecule has 0 atom stereocenters. The van der Waals surface area contributed by atoms with E-state index in [2.05, 4.69) is 21.2 Å². The highest BCUT2D eigenvalue weighted by molar-refractivity contribution is 9.10. The zero-order chi connectivity index (χ0) is 17.7. The van der Waals surface area contributed by atoms with Crippen LogP contribution in [-0.4, -0.2) is 30.8 Å². The number of amides is 2. The fraction of sp³-hybridized carbons (Fsp3) is 0.263. The van der Waals surface area contributed by atoms with Crippen LogP contribution in [0.2, 0.25) is 0 Å². The van der Waals surface area contributed by atoms with Gasteiger partial charge >= 0.3 is 0 Å². The quantitative estimate of drug-likeness (QED) is 0.840. The SMILES string of the molecule is Cc1cc(Br)ccc1NC(=O)CCc1ccc(C(=O)N(C)C)cc1. The molecule has 2 aromatic rings. The number of nitrogens with zero attached hydrogens (tertiary/aromatic N) is 1. The smallest absolute Gasteiger partial charge is 0.253 e. The van der Waals surface area contributed by atoms with Crippen LogP contribution in [0.25, 0.3) is 0 Å². The molecule has 0 unspecified atom stereocenters. The summed E-state index contributed by atoms with van der Waals surface area (Å²) < 4.78 is 0.991. The lowest BCUT2D eigenvalue weighted by atomic mass is 10.1. The molecule has 24 heavy (non-hydrogen) atoms. The molecule has 0 aliphatic heterocycles. The first-order valence-corrected chi connectivity index (χ1v) is 8.52. The van der Waals surface area contributed by atoms with Gasteiger partial charge in [0.2, 0.25) is 5.91 Å². The second kappa shape index (κ2) is 8.11. The molecule has 0 spiro atoms. The molecular weight excluding hydrogens is 368 g/mol. The Morgan fingerprint density at radius 2 is 1.75 bits per heavy atom. The van der Waals surface area contributed by atoms with Crippen LogP contribution in [0.1, 0.15) is 27.9 Å². The van der Waals surface area contributed by atoms with E-state index in [1.165, 1.54) is 0 Å².